The van der Waals surface area contributed by atoms with Crippen LogP contribution in [0.25, 0.3) is 22.0 Å². The van der Waals surface area contributed by atoms with Gasteiger partial charge in [0.15, 0.2) is 6.20 Å². The summed E-state index contributed by atoms with van der Waals surface area (Å²) in [6.45, 7) is 11.4. The molecule has 1 aliphatic rings. The molecular weight excluding hydrogens is 350 g/mol. The third-order valence-corrected chi connectivity index (χ3v) is 6.92. The molecule has 0 saturated heterocycles. The third kappa shape index (κ3) is 3.84. The zero-order chi connectivity index (χ0) is 20.7. The fraction of sp³-hybridized carbons (Fsp3) is 0.464. The summed E-state index contributed by atoms with van der Waals surface area (Å²) < 4.78 is 2.35. The fourth-order valence-electron chi connectivity index (χ4n) is 5.30. The van der Waals surface area contributed by atoms with Gasteiger partial charge >= 0.3 is 0 Å². The molecular formula is C28H36N+. The highest BCUT2D eigenvalue weighted by Crippen LogP contribution is 2.39. The molecule has 0 aliphatic heterocycles. The minimum absolute atomic E-state index is 0.681. The SMILES string of the molecule is Cc1cc(C2CCCC2)cc(-c2c3ccc(CC(C)C)cc3c(C)c[n+]2C)c1C. The summed E-state index contributed by atoms with van der Waals surface area (Å²) in [6.07, 6.45) is 8.91. The van der Waals surface area contributed by atoms with E-state index in [0.29, 0.717) is 5.92 Å². The topological polar surface area (TPSA) is 3.88 Å². The van der Waals surface area contributed by atoms with E-state index in [1.807, 2.05) is 0 Å². The summed E-state index contributed by atoms with van der Waals surface area (Å²) in [5, 5.41) is 2.78. The van der Waals surface area contributed by atoms with Crippen LogP contribution in [0.5, 0.6) is 0 Å². The largest absolute Gasteiger partial charge is 0.220 e. The van der Waals surface area contributed by atoms with E-state index in [2.05, 4.69) is 82.8 Å². The number of fused-ring (bicyclic) bond motifs is 1. The molecule has 3 aromatic rings. The molecule has 1 fully saturated rings. The van der Waals surface area contributed by atoms with E-state index in [4.69, 9.17) is 0 Å². The van der Waals surface area contributed by atoms with E-state index in [0.717, 1.165) is 12.3 Å². The average molecular weight is 387 g/mol. The van der Waals surface area contributed by atoms with Crippen LogP contribution < -0.4 is 4.57 Å². The minimum atomic E-state index is 0.681. The molecule has 1 aromatic heterocycles. The van der Waals surface area contributed by atoms with Gasteiger partial charge in [0.2, 0.25) is 5.69 Å². The Morgan fingerprint density at radius 1 is 0.931 bits per heavy atom. The van der Waals surface area contributed by atoms with Crippen molar-refractivity contribution in [2.24, 2.45) is 13.0 Å². The van der Waals surface area contributed by atoms with Gasteiger partial charge in [0, 0.05) is 5.56 Å². The van der Waals surface area contributed by atoms with Crippen molar-refractivity contribution in [3.8, 4) is 11.3 Å². The number of benzene rings is 2. The molecule has 1 aliphatic carbocycles. The Labute approximate surface area is 176 Å². The van der Waals surface area contributed by atoms with Crippen LogP contribution in [0.3, 0.4) is 0 Å². The second-order valence-electron chi connectivity index (χ2n) is 9.74. The standard InChI is InChI=1S/C28H36N/c1-18(2)13-22-11-12-25-26(15-22)20(4)17-29(6)28(25)27-16-24(14-19(3)21(27)5)23-9-7-8-10-23/h11-12,14-18,23H,7-10,13H2,1-6H3/q+1. The number of hydrogen-bond acceptors (Lipinski definition) is 0. The average Bonchev–Trinajstić information content (AvgIpc) is 3.19. The molecule has 0 atom stereocenters. The lowest BCUT2D eigenvalue weighted by Crippen LogP contribution is -2.31. The van der Waals surface area contributed by atoms with Gasteiger partial charge in [0.1, 0.15) is 7.05 Å². The van der Waals surface area contributed by atoms with Crippen molar-refractivity contribution in [2.75, 3.05) is 0 Å². The van der Waals surface area contributed by atoms with Gasteiger partial charge < -0.3 is 0 Å². The lowest BCUT2D eigenvalue weighted by atomic mass is 9.88. The number of nitrogens with zero attached hydrogens (tertiary/aromatic N) is 1. The molecule has 152 valence electrons. The normalized spacial score (nSPS) is 15.0. The van der Waals surface area contributed by atoms with Crippen LogP contribution >= 0.6 is 0 Å². The summed E-state index contributed by atoms with van der Waals surface area (Å²) in [5.74, 6) is 1.42. The molecule has 1 saturated carbocycles. The summed E-state index contributed by atoms with van der Waals surface area (Å²) >= 11 is 0. The van der Waals surface area contributed by atoms with Gasteiger partial charge in [-0.05, 0) is 91.6 Å². The van der Waals surface area contributed by atoms with Crippen molar-refractivity contribution in [3.05, 3.63) is 64.3 Å². The van der Waals surface area contributed by atoms with Gasteiger partial charge in [-0.2, -0.15) is 0 Å². The Balaban J connectivity index is 1.93. The van der Waals surface area contributed by atoms with Crippen LogP contribution in [0.2, 0.25) is 0 Å². The van der Waals surface area contributed by atoms with Gasteiger partial charge in [0.05, 0.1) is 10.9 Å². The predicted molar refractivity (Wildman–Crippen MR) is 125 cm³/mol. The Bertz CT molecular complexity index is 1050. The highest BCUT2D eigenvalue weighted by molar-refractivity contribution is 5.96. The van der Waals surface area contributed by atoms with Gasteiger partial charge in [-0.3, -0.25) is 0 Å². The second-order valence-corrected chi connectivity index (χ2v) is 9.74. The van der Waals surface area contributed by atoms with E-state index in [1.54, 1.807) is 5.56 Å². The number of aryl methyl sites for hydroxylation is 3. The molecule has 0 amide bonds. The van der Waals surface area contributed by atoms with Gasteiger partial charge in [-0.1, -0.05) is 44.9 Å². The second kappa shape index (κ2) is 7.94. The molecule has 0 N–H and O–H groups in total. The number of pyridine rings is 1. The summed E-state index contributed by atoms with van der Waals surface area (Å²) in [6, 6.07) is 12.1. The van der Waals surface area contributed by atoms with Crippen molar-refractivity contribution in [3.63, 3.8) is 0 Å². The first-order valence-corrected chi connectivity index (χ1v) is 11.4. The quantitative estimate of drug-likeness (QED) is 0.421. The highest BCUT2D eigenvalue weighted by Gasteiger charge is 2.24. The van der Waals surface area contributed by atoms with Crippen molar-refractivity contribution < 1.29 is 4.57 Å². The van der Waals surface area contributed by atoms with E-state index < -0.39 is 0 Å². The van der Waals surface area contributed by atoms with Crippen LogP contribution in [0, 0.1) is 26.7 Å². The Morgan fingerprint density at radius 3 is 2.34 bits per heavy atom. The van der Waals surface area contributed by atoms with Crippen molar-refractivity contribution >= 4 is 10.8 Å². The molecule has 0 radical (unpaired) electrons. The van der Waals surface area contributed by atoms with Crippen molar-refractivity contribution in [1.29, 1.82) is 0 Å². The molecule has 29 heavy (non-hydrogen) atoms. The van der Waals surface area contributed by atoms with E-state index in [9.17, 15) is 0 Å². The monoisotopic (exact) mass is 386 g/mol. The smallest absolute Gasteiger partial charge is 0.200 e. The lowest BCUT2D eigenvalue weighted by Gasteiger charge is -2.17. The van der Waals surface area contributed by atoms with Crippen molar-refractivity contribution in [2.45, 2.75) is 72.6 Å². The Morgan fingerprint density at radius 2 is 1.66 bits per heavy atom. The zero-order valence-electron chi connectivity index (χ0n) is 19.1. The summed E-state index contributed by atoms with van der Waals surface area (Å²) in [7, 11) is 2.21. The van der Waals surface area contributed by atoms with Crippen molar-refractivity contribution in [1.82, 2.24) is 0 Å². The van der Waals surface area contributed by atoms with Crippen LogP contribution in [0.15, 0.2) is 36.5 Å². The Hall–Kier alpha value is -2.15. The van der Waals surface area contributed by atoms with E-state index in [-0.39, 0.29) is 0 Å². The first kappa shape index (κ1) is 20.1. The molecule has 0 bridgehead atoms. The maximum atomic E-state index is 2.50. The molecule has 0 unspecified atom stereocenters. The van der Waals surface area contributed by atoms with Crippen LogP contribution in [0.4, 0.5) is 0 Å². The zero-order valence-corrected chi connectivity index (χ0v) is 19.1. The third-order valence-electron chi connectivity index (χ3n) is 6.92. The first-order chi connectivity index (χ1) is 13.8. The van der Waals surface area contributed by atoms with Gasteiger partial charge in [-0.25, -0.2) is 4.57 Å². The maximum absolute atomic E-state index is 2.50. The van der Waals surface area contributed by atoms with Crippen LogP contribution in [-0.2, 0) is 13.5 Å². The minimum Gasteiger partial charge on any atom is -0.200 e. The molecule has 1 nitrogen and oxygen atoms in total. The number of hydrogen-bond donors (Lipinski definition) is 0. The molecule has 0 spiro atoms. The van der Waals surface area contributed by atoms with Crippen LogP contribution in [-0.4, -0.2) is 0 Å². The van der Waals surface area contributed by atoms with Gasteiger partial charge in [0.25, 0.3) is 0 Å². The van der Waals surface area contributed by atoms with E-state index in [1.165, 1.54) is 70.0 Å². The highest BCUT2D eigenvalue weighted by atomic mass is 14.9. The molecule has 1 heteroatoms. The fourth-order valence-corrected chi connectivity index (χ4v) is 5.30. The van der Waals surface area contributed by atoms with E-state index >= 15 is 0 Å². The first-order valence-electron chi connectivity index (χ1n) is 11.4. The Kier molecular flexibility index (Phi) is 5.51. The number of rotatable bonds is 4. The number of aromatic nitrogens is 1. The lowest BCUT2D eigenvalue weighted by molar-refractivity contribution is -0.659. The predicted octanol–water partition coefficient (Wildman–Crippen LogP) is 7.11. The maximum Gasteiger partial charge on any atom is 0.220 e. The molecule has 4 rings (SSSR count). The van der Waals surface area contributed by atoms with Crippen LogP contribution in [0.1, 0.15) is 73.3 Å². The summed E-state index contributed by atoms with van der Waals surface area (Å²) in [4.78, 5) is 0. The van der Waals surface area contributed by atoms with Gasteiger partial charge in [-0.15, -0.1) is 0 Å². The molecule has 1 heterocycles. The summed E-state index contributed by atoms with van der Waals surface area (Å²) in [5.41, 5.74) is 9.97. The molecule has 2 aromatic carbocycles.